The van der Waals surface area contributed by atoms with E-state index < -0.39 is 0 Å². The van der Waals surface area contributed by atoms with Crippen molar-refractivity contribution in [1.82, 2.24) is 24.8 Å². The van der Waals surface area contributed by atoms with Gasteiger partial charge in [-0.1, -0.05) is 0 Å². The summed E-state index contributed by atoms with van der Waals surface area (Å²) in [6.45, 7) is 1.62. The van der Waals surface area contributed by atoms with E-state index in [0.717, 1.165) is 41.8 Å². The number of hydrogen-bond donors (Lipinski definition) is 1. The van der Waals surface area contributed by atoms with Gasteiger partial charge >= 0.3 is 0 Å². The summed E-state index contributed by atoms with van der Waals surface area (Å²) in [6, 6.07) is 11.3. The topological polar surface area (TPSA) is 84.0 Å². The summed E-state index contributed by atoms with van der Waals surface area (Å²) >= 11 is 0. The predicted molar refractivity (Wildman–Crippen MR) is 104 cm³/mol. The lowest BCUT2D eigenvalue weighted by Crippen LogP contribution is -2.42. The molecule has 0 atom stereocenters. The molecule has 1 aromatic carbocycles. The summed E-state index contributed by atoms with van der Waals surface area (Å²) in [4.78, 5) is 30.0. The van der Waals surface area contributed by atoms with Gasteiger partial charge in [-0.3, -0.25) is 14.8 Å². The van der Waals surface area contributed by atoms with Crippen LogP contribution in [0.2, 0.25) is 0 Å². The number of nitrogens with one attached hydrogen (secondary N) is 1. The van der Waals surface area contributed by atoms with Gasteiger partial charge in [0.15, 0.2) is 0 Å². The highest BCUT2D eigenvalue weighted by Crippen LogP contribution is 2.28. The Bertz CT molecular complexity index is 1130. The molecule has 4 heterocycles. The average molecular weight is 371 g/mol. The van der Waals surface area contributed by atoms with Gasteiger partial charge in [-0.05, 0) is 42.8 Å². The average Bonchev–Trinajstić information content (AvgIpc) is 3.11. The maximum absolute atomic E-state index is 12.2. The van der Waals surface area contributed by atoms with Crippen molar-refractivity contribution in [3.05, 3.63) is 66.9 Å². The highest BCUT2D eigenvalue weighted by atomic mass is 16.5. The van der Waals surface area contributed by atoms with E-state index in [1.165, 1.54) is 0 Å². The fraction of sp³-hybridized carbons (Fsp3) is 0.143. The smallest absolute Gasteiger partial charge is 0.272 e. The molecule has 1 aliphatic rings. The first-order valence-corrected chi connectivity index (χ1v) is 9.09. The van der Waals surface area contributed by atoms with Crippen LogP contribution in [-0.4, -0.2) is 43.8 Å². The molecule has 7 heteroatoms. The third kappa shape index (κ3) is 3.07. The Morgan fingerprint density at radius 1 is 1.00 bits per heavy atom. The number of amides is 1. The molecule has 0 unspecified atom stereocenters. The summed E-state index contributed by atoms with van der Waals surface area (Å²) < 4.78 is 5.91. The molecule has 5 rings (SSSR count). The number of carbonyl (C=O) groups excluding carboxylic acids is 1. The Hall–Kier alpha value is -3.74. The molecule has 4 aromatic rings. The number of pyridine rings is 1. The van der Waals surface area contributed by atoms with Crippen LogP contribution in [-0.2, 0) is 0 Å². The van der Waals surface area contributed by atoms with Crippen LogP contribution in [0, 0.1) is 0 Å². The van der Waals surface area contributed by atoms with Gasteiger partial charge in [0.05, 0.1) is 18.1 Å². The number of aromatic nitrogens is 4. The highest BCUT2D eigenvalue weighted by Gasteiger charge is 2.22. The van der Waals surface area contributed by atoms with Gasteiger partial charge in [-0.2, -0.15) is 0 Å². The largest absolute Gasteiger partial charge is 0.456 e. The molecule has 138 valence electrons. The number of likely N-dealkylation sites (tertiary alicyclic amines) is 1. The zero-order chi connectivity index (χ0) is 18.9. The van der Waals surface area contributed by atoms with Crippen molar-refractivity contribution < 1.29 is 9.53 Å². The number of carbonyl (C=O) groups is 1. The molecule has 0 radical (unpaired) electrons. The van der Waals surface area contributed by atoms with E-state index in [0.29, 0.717) is 17.2 Å². The van der Waals surface area contributed by atoms with Crippen molar-refractivity contribution >= 4 is 16.8 Å². The van der Waals surface area contributed by atoms with E-state index in [9.17, 15) is 4.79 Å². The van der Waals surface area contributed by atoms with E-state index in [-0.39, 0.29) is 5.91 Å². The van der Waals surface area contributed by atoms with Gasteiger partial charge < -0.3 is 14.6 Å². The van der Waals surface area contributed by atoms with Crippen molar-refractivity contribution in [2.45, 2.75) is 6.42 Å². The van der Waals surface area contributed by atoms with Crippen molar-refractivity contribution in [3.63, 3.8) is 0 Å². The zero-order valence-corrected chi connectivity index (χ0v) is 15.0. The minimum Gasteiger partial charge on any atom is -0.456 e. The van der Waals surface area contributed by atoms with Crippen LogP contribution >= 0.6 is 0 Å². The van der Waals surface area contributed by atoms with Crippen molar-refractivity contribution in [2.24, 2.45) is 0 Å². The molecule has 28 heavy (non-hydrogen) atoms. The predicted octanol–water partition coefficient (Wildman–Crippen LogP) is 3.66. The Morgan fingerprint density at radius 2 is 1.89 bits per heavy atom. The molecule has 1 N–H and O–H groups in total. The molecule has 0 aliphatic carbocycles. The molecule has 1 fully saturated rings. The van der Waals surface area contributed by atoms with Crippen LogP contribution in [0.3, 0.4) is 0 Å². The maximum Gasteiger partial charge on any atom is 0.272 e. The fourth-order valence-corrected chi connectivity index (χ4v) is 3.13. The third-order valence-electron chi connectivity index (χ3n) is 4.77. The van der Waals surface area contributed by atoms with E-state index in [2.05, 4.69) is 19.9 Å². The monoisotopic (exact) mass is 371 g/mol. The maximum atomic E-state index is 12.2. The van der Waals surface area contributed by atoms with E-state index in [4.69, 9.17) is 4.74 Å². The number of H-pyrrole nitrogens is 1. The van der Waals surface area contributed by atoms with Crippen molar-refractivity contribution in [1.29, 1.82) is 0 Å². The Morgan fingerprint density at radius 3 is 2.61 bits per heavy atom. The number of benzene rings is 1. The lowest BCUT2D eigenvalue weighted by Gasteiger charge is -2.30. The van der Waals surface area contributed by atoms with Gasteiger partial charge in [-0.25, -0.2) is 4.98 Å². The van der Waals surface area contributed by atoms with Crippen LogP contribution in [0.4, 0.5) is 0 Å². The normalized spacial score (nSPS) is 13.4. The SMILES string of the molecule is O=C(c1ccc(Oc2ccc3[nH]c(-c4cnccn4)cc3c2)cn1)N1CCC1. The van der Waals surface area contributed by atoms with Crippen molar-refractivity contribution in [3.8, 4) is 22.9 Å². The zero-order valence-electron chi connectivity index (χ0n) is 15.0. The number of aromatic amines is 1. The lowest BCUT2D eigenvalue weighted by atomic mass is 10.2. The van der Waals surface area contributed by atoms with E-state index in [1.807, 2.05) is 24.3 Å². The molecule has 0 spiro atoms. The lowest BCUT2D eigenvalue weighted by molar-refractivity contribution is 0.0645. The van der Waals surface area contributed by atoms with Crippen LogP contribution < -0.4 is 4.74 Å². The quantitative estimate of drug-likeness (QED) is 0.592. The number of fused-ring (bicyclic) bond motifs is 1. The molecule has 7 nitrogen and oxygen atoms in total. The summed E-state index contributed by atoms with van der Waals surface area (Å²) in [5.74, 6) is 1.26. The number of rotatable bonds is 4. The highest BCUT2D eigenvalue weighted by molar-refractivity contribution is 5.92. The van der Waals surface area contributed by atoms with Gasteiger partial charge in [0, 0.05) is 36.4 Å². The first-order chi connectivity index (χ1) is 13.8. The Balaban J connectivity index is 1.35. The summed E-state index contributed by atoms with van der Waals surface area (Å²) in [5, 5.41) is 1.01. The van der Waals surface area contributed by atoms with E-state index in [1.54, 1.807) is 41.8 Å². The number of nitrogens with zero attached hydrogens (tertiary/aromatic N) is 4. The second-order valence-corrected chi connectivity index (χ2v) is 6.65. The Kier molecular flexibility index (Phi) is 3.97. The van der Waals surface area contributed by atoms with Gasteiger partial charge in [0.1, 0.15) is 22.9 Å². The molecule has 3 aromatic heterocycles. The minimum atomic E-state index is -0.0249. The molecule has 1 aliphatic heterocycles. The minimum absolute atomic E-state index is 0.0249. The molecule has 0 saturated carbocycles. The van der Waals surface area contributed by atoms with Gasteiger partial charge in [0.25, 0.3) is 5.91 Å². The summed E-state index contributed by atoms with van der Waals surface area (Å²) in [7, 11) is 0. The first kappa shape index (κ1) is 16.4. The molecule has 0 bridgehead atoms. The molecular formula is C21H17N5O2. The summed E-state index contributed by atoms with van der Waals surface area (Å²) in [5.41, 5.74) is 3.12. The Labute approximate surface area is 161 Å². The van der Waals surface area contributed by atoms with E-state index >= 15 is 0 Å². The number of ether oxygens (including phenoxy) is 1. The van der Waals surface area contributed by atoms with Crippen LogP contribution in [0.25, 0.3) is 22.3 Å². The van der Waals surface area contributed by atoms with Gasteiger partial charge in [-0.15, -0.1) is 0 Å². The second-order valence-electron chi connectivity index (χ2n) is 6.65. The fourth-order valence-electron chi connectivity index (χ4n) is 3.13. The first-order valence-electron chi connectivity index (χ1n) is 9.09. The number of hydrogen-bond acceptors (Lipinski definition) is 5. The molecule has 1 amide bonds. The second kappa shape index (κ2) is 6.77. The molecule has 1 saturated heterocycles. The van der Waals surface area contributed by atoms with Gasteiger partial charge in [0.2, 0.25) is 0 Å². The standard InChI is InChI=1S/C21H17N5O2/c27-21(26-8-1-9-26)18-5-3-16(12-24-18)28-15-2-4-17-14(10-15)11-19(25-17)20-13-22-6-7-23-20/h2-7,10-13,25H,1,8-9H2. The van der Waals surface area contributed by atoms with Crippen LogP contribution in [0.1, 0.15) is 16.9 Å². The molecular weight excluding hydrogens is 354 g/mol. The van der Waals surface area contributed by atoms with Crippen LogP contribution in [0.15, 0.2) is 61.2 Å². The summed E-state index contributed by atoms with van der Waals surface area (Å²) in [6.07, 6.45) is 7.68. The van der Waals surface area contributed by atoms with Crippen LogP contribution in [0.5, 0.6) is 11.5 Å². The van der Waals surface area contributed by atoms with Crippen molar-refractivity contribution in [2.75, 3.05) is 13.1 Å². The third-order valence-corrected chi connectivity index (χ3v) is 4.77.